The SMILES string of the molecule is C=C(C)C(=O)OCC(COC(=O)C(=C)C)C(=O)OCCCS(=O)(=O)O.[LiH]. The summed E-state index contributed by atoms with van der Waals surface area (Å²) in [6.07, 6.45) is -0.117. The molecule has 0 aliphatic rings. The zero-order chi connectivity index (χ0) is 19.6. The summed E-state index contributed by atoms with van der Waals surface area (Å²) in [5.74, 6) is -3.97. The summed E-state index contributed by atoms with van der Waals surface area (Å²) < 4.78 is 44.3. The molecule has 0 aromatic carbocycles. The van der Waals surface area contributed by atoms with E-state index < -0.39 is 52.9 Å². The normalized spacial score (nSPS) is 10.5. The maximum atomic E-state index is 12.0. The molecule has 0 atom stereocenters. The van der Waals surface area contributed by atoms with Gasteiger partial charge in [-0.05, 0) is 20.3 Å². The number of hydrogen-bond donors (Lipinski definition) is 1. The van der Waals surface area contributed by atoms with Crippen molar-refractivity contribution in [3.05, 3.63) is 24.3 Å². The van der Waals surface area contributed by atoms with Crippen LogP contribution in [-0.4, -0.2) is 75.3 Å². The molecule has 0 aromatic heterocycles. The Morgan fingerprint density at radius 1 is 0.962 bits per heavy atom. The first-order valence-corrected chi connectivity index (χ1v) is 8.82. The molecule has 0 bridgehead atoms. The molecule has 0 aliphatic heterocycles. The molecule has 0 amide bonds. The van der Waals surface area contributed by atoms with Crippen LogP contribution in [0.2, 0.25) is 0 Å². The van der Waals surface area contributed by atoms with Crippen molar-refractivity contribution in [3.63, 3.8) is 0 Å². The molecule has 0 aliphatic carbocycles. The van der Waals surface area contributed by atoms with Gasteiger partial charge in [-0.15, -0.1) is 0 Å². The Kier molecular flexibility index (Phi) is 13.0. The second-order valence-corrected chi connectivity index (χ2v) is 6.83. The van der Waals surface area contributed by atoms with Gasteiger partial charge in [0.25, 0.3) is 10.1 Å². The molecule has 0 saturated carbocycles. The maximum absolute atomic E-state index is 12.0. The van der Waals surface area contributed by atoms with Crippen LogP contribution in [0.3, 0.4) is 0 Å². The number of carbonyl (C=O) groups excluding carboxylic acids is 3. The average Bonchev–Trinajstić information content (AvgIpc) is 2.49. The number of hydrogen-bond acceptors (Lipinski definition) is 8. The first-order chi connectivity index (χ1) is 11.4. The van der Waals surface area contributed by atoms with Gasteiger partial charge in [-0.25, -0.2) is 9.59 Å². The molecule has 1 N–H and O–H groups in total. The molecule has 11 heteroatoms. The third kappa shape index (κ3) is 12.7. The first kappa shape index (κ1) is 26.6. The minimum absolute atomic E-state index is 0. The van der Waals surface area contributed by atoms with E-state index in [-0.39, 0.29) is 43.0 Å². The van der Waals surface area contributed by atoms with Crippen LogP contribution in [0.25, 0.3) is 0 Å². The van der Waals surface area contributed by atoms with Gasteiger partial charge in [0.15, 0.2) is 0 Å². The van der Waals surface area contributed by atoms with Crippen LogP contribution in [0, 0.1) is 5.92 Å². The van der Waals surface area contributed by atoms with E-state index in [4.69, 9.17) is 18.8 Å². The summed E-state index contributed by atoms with van der Waals surface area (Å²) in [6.45, 7) is 8.53. The van der Waals surface area contributed by atoms with Crippen molar-refractivity contribution in [2.45, 2.75) is 20.3 Å². The Morgan fingerprint density at radius 2 is 1.38 bits per heavy atom. The van der Waals surface area contributed by atoms with E-state index in [0.717, 1.165) is 0 Å². The molecular formula is C15H23LiO9S. The molecule has 0 unspecified atom stereocenters. The fourth-order valence-electron chi connectivity index (χ4n) is 1.32. The Balaban J connectivity index is 0. The van der Waals surface area contributed by atoms with Gasteiger partial charge >= 0.3 is 36.8 Å². The van der Waals surface area contributed by atoms with Crippen molar-refractivity contribution in [2.75, 3.05) is 25.6 Å². The molecule has 0 spiro atoms. The quantitative estimate of drug-likeness (QED) is 0.130. The summed E-state index contributed by atoms with van der Waals surface area (Å²) in [5, 5.41) is 0. The van der Waals surface area contributed by atoms with Crippen LogP contribution in [0.4, 0.5) is 0 Å². The fraction of sp³-hybridized carbons (Fsp3) is 0.533. The molecule has 0 heterocycles. The van der Waals surface area contributed by atoms with Gasteiger partial charge < -0.3 is 14.2 Å². The van der Waals surface area contributed by atoms with Crippen LogP contribution < -0.4 is 0 Å². The van der Waals surface area contributed by atoms with Crippen LogP contribution in [0.1, 0.15) is 20.3 Å². The first-order valence-electron chi connectivity index (χ1n) is 7.21. The monoisotopic (exact) mass is 386 g/mol. The summed E-state index contributed by atoms with van der Waals surface area (Å²) in [6, 6.07) is 0. The Bertz CT molecular complexity index is 610. The third-order valence-corrected chi connectivity index (χ3v) is 3.46. The summed E-state index contributed by atoms with van der Waals surface area (Å²) >= 11 is 0. The van der Waals surface area contributed by atoms with Gasteiger partial charge in [-0.2, -0.15) is 8.42 Å². The van der Waals surface area contributed by atoms with Crippen molar-refractivity contribution in [2.24, 2.45) is 5.92 Å². The molecule has 0 aromatic rings. The Labute approximate surface area is 164 Å². The van der Waals surface area contributed by atoms with Gasteiger partial charge in [0, 0.05) is 11.1 Å². The molecule has 0 radical (unpaired) electrons. The fourth-order valence-corrected chi connectivity index (χ4v) is 1.80. The van der Waals surface area contributed by atoms with E-state index in [0.29, 0.717) is 0 Å². The molecule has 0 fully saturated rings. The Morgan fingerprint density at radius 3 is 1.73 bits per heavy atom. The summed E-state index contributed by atoms with van der Waals surface area (Å²) in [5.41, 5.74) is 0.249. The predicted molar refractivity (Wildman–Crippen MR) is 94.2 cm³/mol. The molecule has 0 saturated heterocycles. The molecule has 0 rings (SSSR count). The molecule has 144 valence electrons. The molecular weight excluding hydrogens is 363 g/mol. The van der Waals surface area contributed by atoms with E-state index in [2.05, 4.69) is 13.2 Å². The van der Waals surface area contributed by atoms with Crippen LogP contribution in [0.15, 0.2) is 24.3 Å². The molecule has 26 heavy (non-hydrogen) atoms. The van der Waals surface area contributed by atoms with Crippen molar-refractivity contribution in [1.82, 2.24) is 0 Å². The van der Waals surface area contributed by atoms with Crippen LogP contribution in [-0.2, 0) is 38.7 Å². The number of carbonyl (C=O) groups is 3. The second kappa shape index (κ2) is 12.7. The van der Waals surface area contributed by atoms with Crippen LogP contribution in [0.5, 0.6) is 0 Å². The number of esters is 3. The van der Waals surface area contributed by atoms with Crippen LogP contribution >= 0.6 is 0 Å². The second-order valence-electron chi connectivity index (χ2n) is 5.26. The van der Waals surface area contributed by atoms with E-state index >= 15 is 0 Å². The van der Waals surface area contributed by atoms with Gasteiger partial charge in [0.05, 0.1) is 12.4 Å². The van der Waals surface area contributed by atoms with Crippen molar-refractivity contribution in [1.29, 1.82) is 0 Å². The van der Waals surface area contributed by atoms with E-state index in [9.17, 15) is 22.8 Å². The van der Waals surface area contributed by atoms with E-state index in [1.165, 1.54) is 13.8 Å². The van der Waals surface area contributed by atoms with Crippen molar-refractivity contribution in [3.8, 4) is 0 Å². The number of rotatable bonds is 11. The van der Waals surface area contributed by atoms with E-state index in [1.807, 2.05) is 0 Å². The van der Waals surface area contributed by atoms with E-state index in [1.54, 1.807) is 0 Å². The average molecular weight is 386 g/mol. The van der Waals surface area contributed by atoms with Gasteiger partial charge in [-0.1, -0.05) is 13.2 Å². The van der Waals surface area contributed by atoms with Gasteiger partial charge in [0.1, 0.15) is 19.1 Å². The summed E-state index contributed by atoms with van der Waals surface area (Å²) in [7, 11) is -4.15. The van der Waals surface area contributed by atoms with Gasteiger partial charge in [0.2, 0.25) is 0 Å². The Hall–Kier alpha value is -1.60. The zero-order valence-electron chi connectivity index (χ0n) is 14.1. The predicted octanol–water partition coefficient (Wildman–Crippen LogP) is 0.0138. The standard InChI is InChI=1S/C15H22O9S.Li.H/c1-10(2)13(16)23-8-12(9-24-14(17)11(3)4)15(18)22-6-5-7-25(19,20)21;;/h12H,1,3,5-9H2,2,4H3,(H,19,20,21);;. The third-order valence-electron chi connectivity index (χ3n) is 2.65. The zero-order valence-corrected chi connectivity index (χ0v) is 15.0. The van der Waals surface area contributed by atoms with Crippen molar-refractivity contribution >= 4 is 46.9 Å². The summed E-state index contributed by atoms with van der Waals surface area (Å²) in [4.78, 5) is 34.8. The topological polar surface area (TPSA) is 133 Å². The molecule has 9 nitrogen and oxygen atoms in total. The number of ether oxygens (including phenoxy) is 3. The van der Waals surface area contributed by atoms with Crippen molar-refractivity contribution < 1.29 is 41.6 Å². The minimum atomic E-state index is -4.15. The van der Waals surface area contributed by atoms with Gasteiger partial charge in [-0.3, -0.25) is 9.35 Å².